The minimum absolute atomic E-state index is 0. The zero-order valence-corrected chi connectivity index (χ0v) is 69.0. The topological polar surface area (TPSA) is 70.3 Å². The van der Waals surface area contributed by atoms with E-state index in [9.17, 15) is 0 Å². The average Bonchev–Trinajstić information content (AvgIpc) is 1.48. The van der Waals surface area contributed by atoms with Crippen LogP contribution in [0.4, 0.5) is 11.4 Å². The molecule has 0 N–H and O–H groups in total. The largest absolute Gasteiger partial charge is 3.00 e. The van der Waals surface area contributed by atoms with E-state index in [0.717, 1.165) is 41.3 Å². The number of fused-ring (bicyclic) bond motifs is 12. The SMILES string of the molecule is C.C.C.C.CC(C)Cc1cccc(CC(C)C)c1C1=CN2c3ccccc3C3C=CC=[C-]C3C2[N-]1.CC(C)c1cc(-c2ccccc2)cc(C(C)C)c1-n1ccnc1-c1[c-]cccc1.CC(C)c1cc(-c2ccccc2)cc(C(C)C)c1-n1ccnc1-c1ccccc1.[C-]1=CC=CC2c3ccccc3N3C=C[N-]C3C12.[Ir+3].[Ir]. The number of aromatic nitrogens is 4. The molecule has 6 unspecified atom stereocenters. The quantitative estimate of drug-likeness (QED) is 0.0959. The summed E-state index contributed by atoms with van der Waals surface area (Å²) in [7, 11) is 0. The molecule has 583 valence electrons. The Hall–Kier alpha value is -9.66. The van der Waals surface area contributed by atoms with Crippen LogP contribution in [0.1, 0.15) is 198 Å². The maximum atomic E-state index is 5.37. The molecule has 11 aromatic rings. The van der Waals surface area contributed by atoms with E-state index >= 15 is 0 Å². The molecule has 112 heavy (non-hydrogen) atoms. The van der Waals surface area contributed by atoms with Gasteiger partial charge in [-0.15, -0.1) is 41.6 Å². The van der Waals surface area contributed by atoms with Gasteiger partial charge >= 0.3 is 20.1 Å². The van der Waals surface area contributed by atoms with Crippen LogP contribution < -0.4 is 9.80 Å². The summed E-state index contributed by atoms with van der Waals surface area (Å²) in [6.07, 6.45) is 36.6. The van der Waals surface area contributed by atoms with Crippen molar-refractivity contribution in [1.29, 1.82) is 0 Å². The Morgan fingerprint density at radius 1 is 0.438 bits per heavy atom. The molecular weight excluding hydrogens is 1720 g/mol. The van der Waals surface area contributed by atoms with Gasteiger partial charge in [0.2, 0.25) is 0 Å². The van der Waals surface area contributed by atoms with Crippen LogP contribution >= 0.6 is 0 Å². The molecule has 6 aliphatic rings. The van der Waals surface area contributed by atoms with E-state index in [1.54, 1.807) is 0 Å². The molecule has 0 saturated heterocycles. The van der Waals surface area contributed by atoms with Gasteiger partial charge in [0.05, 0.1) is 11.5 Å². The van der Waals surface area contributed by atoms with Crippen LogP contribution in [0.25, 0.3) is 72.7 Å². The minimum atomic E-state index is 0. The van der Waals surface area contributed by atoms with Gasteiger partial charge in [0, 0.05) is 67.5 Å². The van der Waals surface area contributed by atoms with E-state index in [1.807, 2.05) is 48.9 Å². The van der Waals surface area contributed by atoms with Crippen LogP contribution in [0.2, 0.25) is 0 Å². The molecule has 9 aromatic carbocycles. The van der Waals surface area contributed by atoms with Crippen molar-refractivity contribution in [2.24, 2.45) is 23.7 Å². The molecule has 4 aliphatic heterocycles. The molecule has 0 saturated carbocycles. The van der Waals surface area contributed by atoms with Crippen molar-refractivity contribution in [3.63, 3.8) is 0 Å². The average molecular weight is 1840 g/mol. The number of rotatable bonds is 15. The molecule has 6 atom stereocenters. The number of hydrogen-bond donors (Lipinski definition) is 0. The first-order valence-electron chi connectivity index (χ1n) is 38.3. The maximum Gasteiger partial charge on any atom is 3.00 e. The van der Waals surface area contributed by atoms with E-state index < -0.39 is 0 Å². The van der Waals surface area contributed by atoms with Gasteiger partial charge in [-0.2, -0.15) is 18.4 Å². The van der Waals surface area contributed by atoms with Gasteiger partial charge in [0.15, 0.2) is 0 Å². The first-order chi connectivity index (χ1) is 51.6. The smallest absolute Gasteiger partial charge is 0.671 e. The van der Waals surface area contributed by atoms with Gasteiger partial charge in [0.25, 0.3) is 0 Å². The number of nitrogens with zero attached hydrogens (tertiary/aromatic N) is 8. The zero-order valence-electron chi connectivity index (χ0n) is 64.2. The van der Waals surface area contributed by atoms with Gasteiger partial charge in [-0.3, -0.25) is 21.7 Å². The molecular formula is C102H115Ir2N8-2. The van der Waals surface area contributed by atoms with Crippen molar-refractivity contribution < 1.29 is 40.2 Å². The molecule has 0 spiro atoms. The third-order valence-electron chi connectivity index (χ3n) is 21.1. The van der Waals surface area contributed by atoms with Gasteiger partial charge in [-0.05, 0) is 194 Å². The van der Waals surface area contributed by atoms with Crippen LogP contribution in [0.5, 0.6) is 0 Å². The van der Waals surface area contributed by atoms with Gasteiger partial charge in [-0.25, -0.2) is 29.3 Å². The molecule has 10 heteroatoms. The zero-order chi connectivity index (χ0) is 73.5. The molecule has 1 radical (unpaired) electrons. The molecule has 8 nitrogen and oxygen atoms in total. The Morgan fingerprint density at radius 3 is 1.31 bits per heavy atom. The van der Waals surface area contributed by atoms with Crippen LogP contribution in [-0.2, 0) is 53.1 Å². The summed E-state index contributed by atoms with van der Waals surface area (Å²) < 4.78 is 4.51. The molecule has 0 fully saturated rings. The fraction of sp³-hybridized carbons (Fsp3) is 0.294. The molecule has 17 rings (SSSR count). The second-order valence-corrected chi connectivity index (χ2v) is 30.8. The number of hydrogen-bond acceptors (Lipinski definition) is 4. The summed E-state index contributed by atoms with van der Waals surface area (Å²) >= 11 is 0. The van der Waals surface area contributed by atoms with Crippen LogP contribution in [-0.4, -0.2) is 31.4 Å². The Balaban J connectivity index is 0.000000187. The van der Waals surface area contributed by atoms with E-state index in [-0.39, 0.29) is 88.2 Å². The first-order valence-corrected chi connectivity index (χ1v) is 38.3. The van der Waals surface area contributed by atoms with Gasteiger partial charge in [-0.1, -0.05) is 270 Å². The van der Waals surface area contributed by atoms with E-state index in [2.05, 4.69) is 368 Å². The Morgan fingerprint density at radius 2 is 0.857 bits per heavy atom. The van der Waals surface area contributed by atoms with E-state index in [4.69, 9.17) is 10.3 Å². The molecule has 2 aliphatic carbocycles. The molecule has 0 bridgehead atoms. The number of allylic oxidation sites excluding steroid dienone is 6. The monoisotopic (exact) mass is 1840 g/mol. The summed E-state index contributed by atoms with van der Waals surface area (Å²) in [5.74, 6) is 6.08. The standard InChI is InChI=1S/C29H32N2.C27H28N2.C27H27N2.C15H12N2.4CH4.2Ir/c1-19(2)16-21-10-9-11-22(17-20(3)4)28(21)26-18-31-27-15-8-7-13-24(27)23-12-5-6-14-25(23)29(31)30-26;2*1-19(2)24-17-23(21-11-7-5-8-12-21)18-25(20(3)4)26(24)29-16-15-28-27(29)22-13-9-6-10-14-22;1-2-7-13-11(5-1)12-6-3-4-8-14(12)17-10-9-16-15(13)17;;;;;;/h5-13,15,18-20,23,25,29H,16-17H2,1-4H3;5-20H,1-4H3;5-13,15-20H,1-4H3;1-6,8-11,13,15H;4*1H4;;/q-2;;-1;-2;;;;;;+3. The normalized spacial score (nSPS) is 17.2. The van der Waals surface area contributed by atoms with Gasteiger partial charge in [0.1, 0.15) is 5.82 Å². The predicted octanol–water partition coefficient (Wildman–Crippen LogP) is 27.8. The second kappa shape index (κ2) is 39.7. The Bertz CT molecular complexity index is 4770. The third-order valence-corrected chi connectivity index (χ3v) is 21.1. The first kappa shape index (κ1) is 87.9. The number of imidazole rings is 2. The number of benzene rings is 9. The van der Waals surface area contributed by atoms with Crippen molar-refractivity contribution >= 4 is 17.1 Å². The Kier molecular flexibility index (Phi) is 31.2. The summed E-state index contributed by atoms with van der Waals surface area (Å²) in [6.45, 7) is 27.4. The molecule has 2 aromatic heterocycles. The van der Waals surface area contributed by atoms with Gasteiger partial charge < -0.3 is 25.0 Å². The van der Waals surface area contributed by atoms with Crippen molar-refractivity contribution in [2.45, 2.75) is 173 Å². The summed E-state index contributed by atoms with van der Waals surface area (Å²) in [5, 5.41) is 9.94. The predicted molar refractivity (Wildman–Crippen MR) is 470 cm³/mol. The van der Waals surface area contributed by atoms with E-state index in [0.29, 0.717) is 53.3 Å². The number of para-hydroxylation sites is 2. The number of anilines is 2. The fourth-order valence-electron chi connectivity index (χ4n) is 16.1. The molecule has 0 amide bonds. The van der Waals surface area contributed by atoms with E-state index in [1.165, 1.54) is 95.1 Å². The second-order valence-electron chi connectivity index (χ2n) is 30.8. The maximum absolute atomic E-state index is 5.37. The molecule has 6 heterocycles. The van der Waals surface area contributed by atoms with Crippen molar-refractivity contribution in [3.8, 4) is 56.4 Å². The Labute approximate surface area is 699 Å². The minimum Gasteiger partial charge on any atom is -0.671 e. The summed E-state index contributed by atoms with van der Waals surface area (Å²) in [6, 6.07) is 76.8. The van der Waals surface area contributed by atoms with Crippen LogP contribution in [0.3, 0.4) is 0 Å². The third kappa shape index (κ3) is 18.7. The van der Waals surface area contributed by atoms with Crippen molar-refractivity contribution in [1.82, 2.24) is 19.1 Å². The van der Waals surface area contributed by atoms with Crippen LogP contribution in [0, 0.1) is 41.9 Å². The van der Waals surface area contributed by atoms with Crippen LogP contribution in [0.15, 0.2) is 286 Å². The fourth-order valence-corrected chi connectivity index (χ4v) is 16.1. The summed E-state index contributed by atoms with van der Waals surface area (Å²) in [4.78, 5) is 14.0. The summed E-state index contributed by atoms with van der Waals surface area (Å²) in [5.41, 5.74) is 25.8. The van der Waals surface area contributed by atoms with Crippen molar-refractivity contribution in [2.75, 3.05) is 9.80 Å². The van der Waals surface area contributed by atoms with Crippen molar-refractivity contribution in [3.05, 3.63) is 365 Å².